The fraction of sp³-hybridized carbons (Fsp3) is 0.188. The van der Waals surface area contributed by atoms with Gasteiger partial charge in [0.1, 0.15) is 0 Å². The quantitative estimate of drug-likeness (QED) is 0.810. The third-order valence-corrected chi connectivity index (χ3v) is 4.89. The van der Waals surface area contributed by atoms with Crippen LogP contribution in [-0.2, 0) is 21.2 Å². The molecule has 7 heteroatoms. The molecule has 5 nitrogen and oxygen atoms in total. The van der Waals surface area contributed by atoms with Crippen LogP contribution in [0.5, 0.6) is 0 Å². The van der Waals surface area contributed by atoms with E-state index in [-0.39, 0.29) is 11.4 Å². The van der Waals surface area contributed by atoms with E-state index in [1.165, 1.54) is 31.4 Å². The molecule has 1 N–H and O–H groups in total. The van der Waals surface area contributed by atoms with Crippen LogP contribution < -0.4 is 4.72 Å². The van der Waals surface area contributed by atoms with Crippen molar-refractivity contribution in [2.24, 2.45) is 0 Å². The van der Waals surface area contributed by atoms with Crippen LogP contribution in [0.15, 0.2) is 53.4 Å². The lowest BCUT2D eigenvalue weighted by Gasteiger charge is -2.08. The lowest BCUT2D eigenvalue weighted by atomic mass is 10.2. The maximum atomic E-state index is 12.2. The summed E-state index contributed by atoms with van der Waals surface area (Å²) in [6, 6.07) is 12.8. The Morgan fingerprint density at radius 1 is 1.17 bits per heavy atom. The van der Waals surface area contributed by atoms with E-state index in [0.29, 0.717) is 17.0 Å². The molecule has 0 unspecified atom stereocenters. The lowest BCUT2D eigenvalue weighted by molar-refractivity contribution is 0.0600. The second kappa shape index (κ2) is 7.59. The lowest BCUT2D eigenvalue weighted by Crippen LogP contribution is -2.26. The van der Waals surface area contributed by atoms with Crippen molar-refractivity contribution in [3.05, 3.63) is 64.7 Å². The van der Waals surface area contributed by atoms with Gasteiger partial charge < -0.3 is 4.74 Å². The zero-order valence-electron chi connectivity index (χ0n) is 12.5. The molecule has 0 aliphatic rings. The van der Waals surface area contributed by atoms with Crippen LogP contribution in [0.3, 0.4) is 0 Å². The van der Waals surface area contributed by atoms with Crippen molar-refractivity contribution < 1.29 is 17.9 Å². The number of benzene rings is 2. The normalized spacial score (nSPS) is 11.2. The Balaban J connectivity index is 2.00. The summed E-state index contributed by atoms with van der Waals surface area (Å²) in [5.41, 5.74) is 1.24. The predicted molar refractivity (Wildman–Crippen MR) is 88.1 cm³/mol. The molecule has 0 aliphatic heterocycles. The number of halogens is 1. The number of carbonyl (C=O) groups excluding carboxylic acids is 1. The third-order valence-electron chi connectivity index (χ3n) is 3.18. The van der Waals surface area contributed by atoms with Crippen LogP contribution >= 0.6 is 11.6 Å². The van der Waals surface area contributed by atoms with Crippen LogP contribution in [0, 0.1) is 0 Å². The van der Waals surface area contributed by atoms with Crippen LogP contribution in [0.2, 0.25) is 5.02 Å². The smallest absolute Gasteiger partial charge is 0.337 e. The zero-order chi connectivity index (χ0) is 16.9. The summed E-state index contributed by atoms with van der Waals surface area (Å²) in [6.45, 7) is 0.251. The first kappa shape index (κ1) is 17.5. The molecular formula is C16H16ClNO4S. The molecule has 122 valence electrons. The standard InChI is InChI=1S/C16H16ClNO4S/c1-22-16(19)13-5-7-15(8-6-13)23(20,21)18-10-9-12-3-2-4-14(17)11-12/h2-8,11,18H,9-10H2,1H3. The van der Waals surface area contributed by atoms with Gasteiger partial charge in [0.05, 0.1) is 17.6 Å². The van der Waals surface area contributed by atoms with E-state index >= 15 is 0 Å². The molecule has 0 radical (unpaired) electrons. The van der Waals surface area contributed by atoms with Crippen LogP contribution in [0.25, 0.3) is 0 Å². The van der Waals surface area contributed by atoms with Crippen molar-refractivity contribution in [1.29, 1.82) is 0 Å². The molecule has 0 aliphatic carbocycles. The molecule has 0 spiro atoms. The molecule has 2 aromatic rings. The Bertz CT molecular complexity index is 788. The molecule has 0 heterocycles. The number of sulfonamides is 1. The van der Waals surface area contributed by atoms with Crippen molar-refractivity contribution in [2.45, 2.75) is 11.3 Å². The molecule has 0 bridgehead atoms. The third kappa shape index (κ3) is 4.79. The summed E-state index contributed by atoms with van der Waals surface area (Å²) in [7, 11) is -2.36. The van der Waals surface area contributed by atoms with Gasteiger partial charge >= 0.3 is 5.97 Å². The van der Waals surface area contributed by atoms with E-state index in [9.17, 15) is 13.2 Å². The SMILES string of the molecule is COC(=O)c1ccc(S(=O)(=O)NCCc2cccc(Cl)c2)cc1. The maximum Gasteiger partial charge on any atom is 0.337 e. The maximum absolute atomic E-state index is 12.2. The van der Waals surface area contributed by atoms with Crippen LogP contribution in [0.4, 0.5) is 0 Å². The topological polar surface area (TPSA) is 72.5 Å². The van der Waals surface area contributed by atoms with E-state index in [4.69, 9.17) is 11.6 Å². The number of rotatable bonds is 6. The summed E-state index contributed by atoms with van der Waals surface area (Å²) in [6.07, 6.45) is 0.528. The average Bonchev–Trinajstić information content (AvgIpc) is 2.54. The number of esters is 1. The Labute approximate surface area is 140 Å². The second-order valence-corrected chi connectivity index (χ2v) is 7.00. The molecule has 0 atom stereocenters. The van der Waals surface area contributed by atoms with Gasteiger partial charge in [0, 0.05) is 11.6 Å². The monoisotopic (exact) mass is 353 g/mol. The number of ether oxygens (including phenoxy) is 1. The summed E-state index contributed by atoms with van der Waals surface area (Å²) in [5.74, 6) is -0.511. The van der Waals surface area contributed by atoms with Crippen molar-refractivity contribution >= 4 is 27.6 Å². The van der Waals surface area contributed by atoms with Crippen molar-refractivity contribution in [3.8, 4) is 0 Å². The van der Waals surface area contributed by atoms with Gasteiger partial charge in [-0.05, 0) is 48.4 Å². The highest BCUT2D eigenvalue weighted by molar-refractivity contribution is 7.89. The first-order valence-electron chi connectivity index (χ1n) is 6.85. The average molecular weight is 354 g/mol. The van der Waals surface area contributed by atoms with E-state index in [1.54, 1.807) is 12.1 Å². The van der Waals surface area contributed by atoms with Gasteiger partial charge in [0.2, 0.25) is 10.0 Å². The molecule has 0 aromatic heterocycles. The minimum atomic E-state index is -3.62. The van der Waals surface area contributed by atoms with Gasteiger partial charge in [0.25, 0.3) is 0 Å². The zero-order valence-corrected chi connectivity index (χ0v) is 14.0. The van der Waals surface area contributed by atoms with Crippen LogP contribution in [0.1, 0.15) is 15.9 Å². The summed E-state index contributed by atoms with van der Waals surface area (Å²) >= 11 is 5.89. The van der Waals surface area contributed by atoms with Crippen molar-refractivity contribution in [3.63, 3.8) is 0 Å². The number of methoxy groups -OCH3 is 1. The number of carbonyl (C=O) groups is 1. The second-order valence-electron chi connectivity index (χ2n) is 4.79. The summed E-state index contributed by atoms with van der Waals surface area (Å²) in [5, 5.41) is 0.615. The van der Waals surface area contributed by atoms with E-state index in [0.717, 1.165) is 5.56 Å². The first-order valence-corrected chi connectivity index (χ1v) is 8.71. The first-order chi connectivity index (χ1) is 10.9. The largest absolute Gasteiger partial charge is 0.465 e. The van der Waals surface area contributed by atoms with Crippen molar-refractivity contribution in [1.82, 2.24) is 4.72 Å². The van der Waals surface area contributed by atoms with Gasteiger partial charge in [-0.1, -0.05) is 23.7 Å². The molecular weight excluding hydrogens is 338 g/mol. The number of hydrogen-bond donors (Lipinski definition) is 1. The highest BCUT2D eigenvalue weighted by atomic mass is 35.5. The minimum Gasteiger partial charge on any atom is -0.465 e. The van der Waals surface area contributed by atoms with Crippen LogP contribution in [-0.4, -0.2) is 28.0 Å². The highest BCUT2D eigenvalue weighted by Crippen LogP contribution is 2.13. The van der Waals surface area contributed by atoms with E-state index < -0.39 is 16.0 Å². The Hall–Kier alpha value is -1.89. The Kier molecular flexibility index (Phi) is 5.76. The number of hydrogen-bond acceptors (Lipinski definition) is 4. The molecule has 2 aromatic carbocycles. The molecule has 0 saturated carbocycles. The molecule has 0 saturated heterocycles. The van der Waals surface area contributed by atoms with Gasteiger partial charge in [-0.3, -0.25) is 0 Å². The Morgan fingerprint density at radius 3 is 2.48 bits per heavy atom. The van der Waals surface area contributed by atoms with Gasteiger partial charge in [-0.25, -0.2) is 17.9 Å². The fourth-order valence-electron chi connectivity index (χ4n) is 1.99. The van der Waals surface area contributed by atoms with E-state index in [1.807, 2.05) is 12.1 Å². The summed E-state index contributed by atoms with van der Waals surface area (Å²) in [4.78, 5) is 11.4. The molecule has 0 fully saturated rings. The minimum absolute atomic E-state index is 0.0937. The van der Waals surface area contributed by atoms with Gasteiger partial charge in [-0.2, -0.15) is 0 Å². The number of nitrogens with one attached hydrogen (secondary N) is 1. The molecule has 2 rings (SSSR count). The molecule has 23 heavy (non-hydrogen) atoms. The summed E-state index contributed by atoms with van der Waals surface area (Å²) < 4.78 is 31.5. The highest BCUT2D eigenvalue weighted by Gasteiger charge is 2.14. The Morgan fingerprint density at radius 2 is 1.87 bits per heavy atom. The predicted octanol–water partition coefficient (Wildman–Crippen LogP) is 2.65. The fourth-order valence-corrected chi connectivity index (χ4v) is 3.24. The molecule has 0 amide bonds. The van der Waals surface area contributed by atoms with Crippen molar-refractivity contribution in [2.75, 3.05) is 13.7 Å². The van der Waals surface area contributed by atoms with Gasteiger partial charge in [0.15, 0.2) is 0 Å². The van der Waals surface area contributed by atoms with Gasteiger partial charge in [-0.15, -0.1) is 0 Å². The van der Waals surface area contributed by atoms with E-state index in [2.05, 4.69) is 9.46 Å².